The van der Waals surface area contributed by atoms with Crippen LogP contribution in [0.3, 0.4) is 0 Å². The fraction of sp³-hybridized carbons (Fsp3) is 0.147. The molecule has 3 aliphatic rings. The predicted octanol–water partition coefficient (Wildman–Crippen LogP) is 6.96. The van der Waals surface area contributed by atoms with Gasteiger partial charge in [0.2, 0.25) is 0 Å². The number of aryl methyl sites for hydroxylation is 1. The summed E-state index contributed by atoms with van der Waals surface area (Å²) in [6.07, 6.45) is 3.90. The number of hydrogen-bond acceptors (Lipinski definition) is 4. The largest absolute Gasteiger partial charge is 0.352 e. The summed E-state index contributed by atoms with van der Waals surface area (Å²) < 4.78 is 0. The second-order valence-electron chi connectivity index (χ2n) is 10.5. The molecule has 1 spiro atoms. The number of nitrogens with zero attached hydrogens (tertiary/aromatic N) is 1. The summed E-state index contributed by atoms with van der Waals surface area (Å²) in [5, 5.41) is 0.428. The molecule has 0 saturated carbocycles. The molecule has 7 rings (SSSR count). The van der Waals surface area contributed by atoms with E-state index in [9.17, 15) is 14.4 Å². The first-order chi connectivity index (χ1) is 18.9. The van der Waals surface area contributed by atoms with Crippen LogP contribution in [0.1, 0.15) is 53.7 Å². The molecule has 4 aromatic rings. The van der Waals surface area contributed by atoms with Crippen molar-refractivity contribution in [2.24, 2.45) is 5.41 Å². The van der Waals surface area contributed by atoms with E-state index in [-0.39, 0.29) is 17.3 Å². The van der Waals surface area contributed by atoms with Crippen molar-refractivity contribution in [1.29, 1.82) is 0 Å². The summed E-state index contributed by atoms with van der Waals surface area (Å²) >= 11 is 6.84. The van der Waals surface area contributed by atoms with E-state index in [4.69, 9.17) is 11.6 Å². The molecule has 0 N–H and O–H groups in total. The number of rotatable bonds is 3. The van der Waals surface area contributed by atoms with Crippen LogP contribution in [-0.4, -0.2) is 29.4 Å². The number of carbonyl (C=O) groups is 3. The highest BCUT2D eigenvalue weighted by Gasteiger charge is 2.71. The molecule has 5 heteroatoms. The number of hydrogen-bond donors (Lipinski definition) is 0. The van der Waals surface area contributed by atoms with Crippen LogP contribution in [0, 0.1) is 12.3 Å². The summed E-state index contributed by atoms with van der Waals surface area (Å²) in [7, 11) is 0. The zero-order valence-corrected chi connectivity index (χ0v) is 21.9. The van der Waals surface area contributed by atoms with Gasteiger partial charge in [-0.2, -0.15) is 0 Å². The molecule has 4 nitrogen and oxygen atoms in total. The molecule has 0 radical (unpaired) electrons. The lowest BCUT2D eigenvalue weighted by atomic mass is 9.64. The topological polar surface area (TPSA) is 54.5 Å². The van der Waals surface area contributed by atoms with Crippen molar-refractivity contribution >= 4 is 40.7 Å². The van der Waals surface area contributed by atoms with Crippen molar-refractivity contribution in [1.82, 2.24) is 0 Å². The van der Waals surface area contributed by atoms with Crippen molar-refractivity contribution in [2.75, 3.05) is 4.90 Å². The fourth-order valence-corrected chi connectivity index (χ4v) is 7.17. The monoisotopic (exact) mass is 529 g/mol. The normalized spacial score (nSPS) is 22.1. The van der Waals surface area contributed by atoms with Gasteiger partial charge in [-0.05, 0) is 35.7 Å². The van der Waals surface area contributed by atoms with Gasteiger partial charge in [-0.15, -0.1) is 0 Å². The molecule has 3 atom stereocenters. The molecule has 39 heavy (non-hydrogen) atoms. The Morgan fingerprint density at radius 2 is 1.46 bits per heavy atom. The lowest BCUT2D eigenvalue weighted by Crippen LogP contribution is -2.48. The number of benzene rings is 4. The summed E-state index contributed by atoms with van der Waals surface area (Å²) in [5.74, 6) is -1.48. The lowest BCUT2D eigenvalue weighted by molar-refractivity contribution is 0.0666. The average Bonchev–Trinajstić information content (AvgIpc) is 3.39. The van der Waals surface area contributed by atoms with Crippen molar-refractivity contribution in [3.05, 3.63) is 142 Å². The molecule has 1 aliphatic carbocycles. The molecule has 0 aromatic heterocycles. The number of carbonyl (C=O) groups excluding carboxylic acids is 3. The van der Waals surface area contributed by atoms with E-state index in [2.05, 4.69) is 0 Å². The van der Waals surface area contributed by atoms with Gasteiger partial charge in [-0.1, -0.05) is 109 Å². The third-order valence-corrected chi connectivity index (χ3v) is 8.87. The maximum atomic E-state index is 14.6. The van der Waals surface area contributed by atoms with Gasteiger partial charge >= 0.3 is 0 Å². The van der Waals surface area contributed by atoms with E-state index < -0.39 is 23.4 Å². The fourth-order valence-electron chi connectivity index (χ4n) is 6.92. The Labute approximate surface area is 231 Å². The van der Waals surface area contributed by atoms with Crippen LogP contribution in [0.25, 0.3) is 6.08 Å². The van der Waals surface area contributed by atoms with Gasteiger partial charge in [0.1, 0.15) is 11.5 Å². The Morgan fingerprint density at radius 3 is 2.15 bits per heavy atom. The second-order valence-corrected chi connectivity index (χ2v) is 10.9. The Balaban J connectivity index is 1.58. The van der Waals surface area contributed by atoms with Crippen molar-refractivity contribution < 1.29 is 14.4 Å². The number of Topliss-reactive ketones (excluding diaryl/α,β-unsaturated/α-hetero) is 3. The molecule has 190 valence electrons. The number of fused-ring (bicyclic) bond motifs is 5. The minimum absolute atomic E-state index is 0.151. The highest BCUT2D eigenvalue weighted by atomic mass is 35.5. The van der Waals surface area contributed by atoms with E-state index in [1.54, 1.807) is 42.5 Å². The predicted molar refractivity (Wildman–Crippen MR) is 153 cm³/mol. The summed E-state index contributed by atoms with van der Waals surface area (Å²) in [6, 6.07) is 27.9. The van der Waals surface area contributed by atoms with Crippen molar-refractivity contribution in [3.8, 4) is 0 Å². The third-order valence-electron chi connectivity index (χ3n) is 8.53. The first kappa shape index (κ1) is 23.8. The van der Waals surface area contributed by atoms with Crippen molar-refractivity contribution in [3.63, 3.8) is 0 Å². The van der Waals surface area contributed by atoms with Crippen molar-refractivity contribution in [2.45, 2.75) is 24.9 Å². The molecule has 1 saturated heterocycles. The number of anilines is 1. The summed E-state index contributed by atoms with van der Waals surface area (Å²) in [4.78, 5) is 45.9. The van der Waals surface area contributed by atoms with Gasteiger partial charge in [0, 0.05) is 33.3 Å². The molecular formula is C34H24ClNO3. The van der Waals surface area contributed by atoms with Gasteiger partial charge < -0.3 is 4.90 Å². The van der Waals surface area contributed by atoms with Crippen LogP contribution in [0.4, 0.5) is 5.69 Å². The summed E-state index contributed by atoms with van der Waals surface area (Å²) in [6.45, 7) is 2.00. The second kappa shape index (κ2) is 8.62. The zero-order chi connectivity index (χ0) is 26.9. The molecule has 2 heterocycles. The van der Waals surface area contributed by atoms with Gasteiger partial charge in [0.15, 0.2) is 17.3 Å². The van der Waals surface area contributed by atoms with Crippen LogP contribution in [0.2, 0.25) is 5.02 Å². The molecule has 1 fully saturated rings. The Hall–Kier alpha value is -4.28. The van der Waals surface area contributed by atoms with Crippen LogP contribution in [-0.2, 0) is 0 Å². The van der Waals surface area contributed by atoms with Gasteiger partial charge in [-0.25, -0.2) is 0 Å². The van der Waals surface area contributed by atoms with E-state index in [0.717, 1.165) is 16.8 Å². The van der Waals surface area contributed by atoms with Crippen LogP contribution in [0.15, 0.2) is 103 Å². The van der Waals surface area contributed by atoms with Gasteiger partial charge in [0.25, 0.3) is 0 Å². The summed E-state index contributed by atoms with van der Waals surface area (Å²) in [5.41, 5.74) is 3.19. The number of ketones is 3. The molecule has 2 aliphatic heterocycles. The lowest BCUT2D eigenvalue weighted by Gasteiger charge is -2.37. The zero-order valence-electron chi connectivity index (χ0n) is 21.2. The smallest absolute Gasteiger partial charge is 0.185 e. The molecule has 3 unspecified atom stereocenters. The minimum atomic E-state index is -1.55. The van der Waals surface area contributed by atoms with Crippen LogP contribution >= 0.6 is 11.6 Å². The Morgan fingerprint density at radius 1 is 0.821 bits per heavy atom. The van der Waals surface area contributed by atoms with Crippen LogP contribution < -0.4 is 4.90 Å². The average molecular weight is 530 g/mol. The maximum Gasteiger partial charge on any atom is 0.185 e. The van der Waals surface area contributed by atoms with E-state index in [1.165, 1.54) is 0 Å². The molecule has 0 amide bonds. The maximum absolute atomic E-state index is 14.6. The molecule has 0 bridgehead atoms. The Bertz CT molecular complexity index is 1690. The molecular weight excluding hydrogens is 506 g/mol. The quantitative estimate of drug-likeness (QED) is 0.212. The van der Waals surface area contributed by atoms with Crippen LogP contribution in [0.5, 0.6) is 0 Å². The van der Waals surface area contributed by atoms with E-state index >= 15 is 0 Å². The highest BCUT2D eigenvalue weighted by Crippen LogP contribution is 2.61. The van der Waals surface area contributed by atoms with Gasteiger partial charge in [-0.3, -0.25) is 14.4 Å². The first-order valence-corrected chi connectivity index (χ1v) is 13.4. The Kier molecular flexibility index (Phi) is 5.26. The first-order valence-electron chi connectivity index (χ1n) is 13.0. The highest BCUT2D eigenvalue weighted by molar-refractivity contribution is 6.34. The standard InChI is InChI=1S/C34H24ClNO3/c1-20-15-16-21-17-18-28-34(32(38)23-11-5-6-12-24(23)33(34)39)29(25-13-7-8-14-26(25)35)30(36(28)27(21)19-20)31(37)22-9-3-2-4-10-22/h2-19,28-30H,1H3. The molecule has 4 aromatic carbocycles. The van der Waals surface area contributed by atoms with Gasteiger partial charge in [0.05, 0.1) is 6.04 Å². The number of halogens is 1. The van der Waals surface area contributed by atoms with E-state index in [0.29, 0.717) is 27.3 Å². The SMILES string of the molecule is Cc1ccc2c(c1)N1C(C(=O)c3ccccc3)C(c3ccccc3Cl)C3(C(=O)c4ccccc4C3=O)C1C=C2. The third kappa shape index (κ3) is 3.15. The van der Waals surface area contributed by atoms with E-state index in [1.807, 2.05) is 78.6 Å². The minimum Gasteiger partial charge on any atom is -0.352 e.